The fraction of sp³-hybridized carbons (Fsp3) is 0.579. The monoisotopic (exact) mass is 378 g/mol. The predicted molar refractivity (Wildman–Crippen MR) is 99.0 cm³/mol. The van der Waals surface area contributed by atoms with Gasteiger partial charge in [-0.25, -0.2) is 9.59 Å². The number of ether oxygens (including phenoxy) is 2. The molecule has 0 heterocycles. The maximum atomic E-state index is 12.1. The zero-order valence-electron chi connectivity index (χ0n) is 15.8. The number of nitrogens with two attached hydrogens (primary N) is 1. The molecule has 1 aromatic carbocycles. The summed E-state index contributed by atoms with van der Waals surface area (Å²) in [5.74, 6) is -0.282. The van der Waals surface area contributed by atoms with Crippen molar-refractivity contribution < 1.29 is 24.0 Å². The molecule has 1 saturated carbocycles. The number of nitro groups is 1. The van der Waals surface area contributed by atoms with Gasteiger partial charge in [0.1, 0.15) is 11.8 Å². The molecule has 2 rings (SSSR count). The normalized spacial score (nSPS) is 22.3. The van der Waals surface area contributed by atoms with Gasteiger partial charge in [-0.15, -0.1) is 0 Å². The van der Waals surface area contributed by atoms with Gasteiger partial charge in [0, 0.05) is 6.07 Å². The van der Waals surface area contributed by atoms with E-state index in [0.29, 0.717) is 17.8 Å². The highest BCUT2D eigenvalue weighted by molar-refractivity contribution is 5.92. The second-order valence-electron chi connectivity index (χ2n) is 7.46. The van der Waals surface area contributed by atoms with Crippen LogP contribution in [-0.4, -0.2) is 29.6 Å². The highest BCUT2D eigenvalue weighted by atomic mass is 16.6. The van der Waals surface area contributed by atoms with Gasteiger partial charge in [0.05, 0.1) is 10.5 Å². The number of nitrogen functional groups attached to an aromatic ring is 1. The molecule has 0 aromatic heterocycles. The highest BCUT2D eigenvalue weighted by Gasteiger charge is 2.33. The molecule has 0 saturated heterocycles. The van der Waals surface area contributed by atoms with Gasteiger partial charge in [-0.05, 0) is 42.7 Å². The Morgan fingerprint density at radius 2 is 2.04 bits per heavy atom. The Kier molecular flexibility index (Phi) is 6.76. The number of carbonyl (C=O) groups is 2. The number of esters is 2. The topological polar surface area (TPSA) is 122 Å². The first-order valence-corrected chi connectivity index (χ1v) is 9.09. The zero-order valence-corrected chi connectivity index (χ0v) is 15.8. The predicted octanol–water partition coefficient (Wildman–Crippen LogP) is 3.34. The fourth-order valence-corrected chi connectivity index (χ4v) is 3.49. The van der Waals surface area contributed by atoms with E-state index in [1.807, 2.05) is 0 Å². The SMILES string of the molecule is CC(C)[C@@H]1CC[C@H](C)C[C@@H]1OC(=O)COC(=O)c1ccc(N)c([N+](=O)[O-])c1. The van der Waals surface area contributed by atoms with Crippen LogP contribution in [-0.2, 0) is 14.3 Å². The molecule has 0 bridgehead atoms. The van der Waals surface area contributed by atoms with Gasteiger partial charge in [0.15, 0.2) is 6.61 Å². The lowest BCUT2D eigenvalue weighted by Gasteiger charge is -2.36. The van der Waals surface area contributed by atoms with Gasteiger partial charge < -0.3 is 15.2 Å². The highest BCUT2D eigenvalue weighted by Crippen LogP contribution is 2.35. The van der Waals surface area contributed by atoms with E-state index in [-0.39, 0.29) is 23.0 Å². The molecular formula is C19H26N2O6. The number of benzene rings is 1. The van der Waals surface area contributed by atoms with Crippen molar-refractivity contribution in [1.29, 1.82) is 0 Å². The van der Waals surface area contributed by atoms with Crippen molar-refractivity contribution in [3.63, 3.8) is 0 Å². The van der Waals surface area contributed by atoms with Gasteiger partial charge >= 0.3 is 11.9 Å². The van der Waals surface area contributed by atoms with Crippen LogP contribution in [0.15, 0.2) is 18.2 Å². The number of carbonyl (C=O) groups excluding carboxylic acids is 2. The Morgan fingerprint density at radius 3 is 2.67 bits per heavy atom. The largest absolute Gasteiger partial charge is 0.460 e. The zero-order chi connectivity index (χ0) is 20.1. The second kappa shape index (κ2) is 8.83. The van der Waals surface area contributed by atoms with E-state index in [1.165, 1.54) is 12.1 Å². The van der Waals surface area contributed by atoms with E-state index in [2.05, 4.69) is 20.8 Å². The van der Waals surface area contributed by atoms with Crippen LogP contribution in [0.2, 0.25) is 0 Å². The van der Waals surface area contributed by atoms with E-state index in [4.69, 9.17) is 15.2 Å². The van der Waals surface area contributed by atoms with Gasteiger partial charge in [0.2, 0.25) is 0 Å². The molecule has 0 amide bonds. The number of rotatable bonds is 6. The lowest BCUT2D eigenvalue weighted by atomic mass is 9.75. The molecule has 1 fully saturated rings. The molecule has 148 valence electrons. The first kappa shape index (κ1) is 20.7. The van der Waals surface area contributed by atoms with Crippen LogP contribution < -0.4 is 5.73 Å². The molecule has 8 heteroatoms. The molecule has 2 N–H and O–H groups in total. The van der Waals surface area contributed by atoms with Gasteiger partial charge in [0.25, 0.3) is 5.69 Å². The maximum Gasteiger partial charge on any atom is 0.344 e. The van der Waals surface area contributed by atoms with E-state index in [0.717, 1.165) is 25.3 Å². The molecule has 0 aliphatic heterocycles. The minimum atomic E-state index is -0.840. The molecule has 8 nitrogen and oxygen atoms in total. The third kappa shape index (κ3) is 5.42. The molecule has 3 atom stereocenters. The van der Waals surface area contributed by atoms with Crippen LogP contribution in [0.4, 0.5) is 11.4 Å². The van der Waals surface area contributed by atoms with Crippen LogP contribution in [0.5, 0.6) is 0 Å². The van der Waals surface area contributed by atoms with Crippen LogP contribution in [0, 0.1) is 27.9 Å². The van der Waals surface area contributed by atoms with Crippen molar-refractivity contribution >= 4 is 23.3 Å². The molecule has 0 radical (unpaired) electrons. The summed E-state index contributed by atoms with van der Waals surface area (Å²) in [6.45, 7) is 5.81. The smallest absolute Gasteiger partial charge is 0.344 e. The standard InChI is InChI=1S/C19H26N2O6/c1-11(2)14-6-4-12(3)8-17(14)27-18(22)10-26-19(23)13-5-7-15(20)16(9-13)21(24)25/h5,7,9,11-12,14,17H,4,6,8,10,20H2,1-3H3/t12-,14-,17-/m0/s1. The van der Waals surface area contributed by atoms with E-state index >= 15 is 0 Å². The molecule has 27 heavy (non-hydrogen) atoms. The van der Waals surface area contributed by atoms with Gasteiger partial charge in [-0.3, -0.25) is 10.1 Å². The van der Waals surface area contributed by atoms with Crippen LogP contribution in [0.3, 0.4) is 0 Å². The summed E-state index contributed by atoms with van der Waals surface area (Å²) >= 11 is 0. The summed E-state index contributed by atoms with van der Waals surface area (Å²) in [6, 6.07) is 3.60. The third-order valence-corrected chi connectivity index (χ3v) is 5.03. The second-order valence-corrected chi connectivity index (χ2v) is 7.46. The molecule has 1 aliphatic carbocycles. The quantitative estimate of drug-likeness (QED) is 0.348. The van der Waals surface area contributed by atoms with Crippen molar-refractivity contribution in [2.45, 2.75) is 46.1 Å². The minimum Gasteiger partial charge on any atom is -0.460 e. The summed E-state index contributed by atoms with van der Waals surface area (Å²) in [4.78, 5) is 34.4. The summed E-state index contributed by atoms with van der Waals surface area (Å²) in [7, 11) is 0. The Morgan fingerprint density at radius 1 is 1.33 bits per heavy atom. The Balaban J connectivity index is 1.93. The molecule has 0 spiro atoms. The number of anilines is 1. The molecule has 1 aromatic rings. The summed E-state index contributed by atoms with van der Waals surface area (Å²) in [5.41, 5.74) is 5.01. The Hall–Kier alpha value is -2.64. The number of nitrogens with zero attached hydrogens (tertiary/aromatic N) is 1. The average Bonchev–Trinajstić information content (AvgIpc) is 2.59. The average molecular weight is 378 g/mol. The minimum absolute atomic E-state index is 0.0463. The Bertz CT molecular complexity index is 718. The van der Waals surface area contributed by atoms with E-state index in [1.54, 1.807) is 0 Å². The van der Waals surface area contributed by atoms with Crippen molar-refractivity contribution in [3.8, 4) is 0 Å². The van der Waals surface area contributed by atoms with Gasteiger partial charge in [-0.1, -0.05) is 27.2 Å². The first-order chi connectivity index (χ1) is 12.7. The molecule has 1 aliphatic rings. The van der Waals surface area contributed by atoms with E-state index in [9.17, 15) is 19.7 Å². The first-order valence-electron chi connectivity index (χ1n) is 9.09. The Labute approximate surface area is 158 Å². The van der Waals surface area contributed by atoms with Crippen molar-refractivity contribution in [2.24, 2.45) is 17.8 Å². The number of hydrogen-bond donors (Lipinski definition) is 1. The van der Waals surface area contributed by atoms with Crippen LogP contribution in [0.25, 0.3) is 0 Å². The third-order valence-electron chi connectivity index (χ3n) is 5.03. The van der Waals surface area contributed by atoms with E-state index < -0.39 is 23.5 Å². The number of nitro benzene ring substituents is 1. The van der Waals surface area contributed by atoms with Gasteiger partial charge in [-0.2, -0.15) is 0 Å². The van der Waals surface area contributed by atoms with Crippen molar-refractivity contribution in [3.05, 3.63) is 33.9 Å². The van der Waals surface area contributed by atoms with Crippen LogP contribution >= 0.6 is 0 Å². The summed E-state index contributed by atoms with van der Waals surface area (Å²) in [6.07, 6.45) is 2.73. The lowest BCUT2D eigenvalue weighted by molar-refractivity contribution is -0.383. The maximum absolute atomic E-state index is 12.1. The summed E-state index contributed by atoms with van der Waals surface area (Å²) in [5, 5.41) is 10.9. The fourth-order valence-electron chi connectivity index (χ4n) is 3.49. The summed E-state index contributed by atoms with van der Waals surface area (Å²) < 4.78 is 10.5. The molecular weight excluding hydrogens is 352 g/mol. The van der Waals surface area contributed by atoms with Crippen LogP contribution in [0.1, 0.15) is 50.4 Å². The van der Waals surface area contributed by atoms with Crippen molar-refractivity contribution in [1.82, 2.24) is 0 Å². The van der Waals surface area contributed by atoms with Crippen molar-refractivity contribution in [2.75, 3.05) is 12.3 Å². The lowest BCUT2D eigenvalue weighted by Crippen LogP contribution is -2.36. The molecule has 0 unspecified atom stereocenters. The number of hydrogen-bond acceptors (Lipinski definition) is 7.